The van der Waals surface area contributed by atoms with Crippen LogP contribution in [0.2, 0.25) is 0 Å². The molecule has 0 saturated carbocycles. The Hall–Kier alpha value is -1.92. The second-order valence-electron chi connectivity index (χ2n) is 3.44. The van der Waals surface area contributed by atoms with Crippen LogP contribution in [-0.4, -0.2) is 16.5 Å². The fraction of sp³-hybridized carbons (Fsp3) is 0.231. The van der Waals surface area contributed by atoms with Gasteiger partial charge in [0.05, 0.1) is 22.9 Å². The summed E-state index contributed by atoms with van der Waals surface area (Å²) in [5.74, 6) is 2.67. The maximum absolute atomic E-state index is 5.45. The molecule has 0 fully saturated rings. The van der Waals surface area contributed by atoms with Crippen molar-refractivity contribution < 1.29 is 0 Å². The minimum absolute atomic E-state index is 0.165. The number of aromatic nitrogens is 2. The smallest absolute Gasteiger partial charge is 0.113 e. The first kappa shape index (κ1) is 10.6. The molecule has 1 heterocycles. The lowest BCUT2D eigenvalue weighted by molar-refractivity contribution is 0.649. The van der Waals surface area contributed by atoms with Crippen LogP contribution in [0.15, 0.2) is 30.5 Å². The van der Waals surface area contributed by atoms with E-state index in [1.54, 1.807) is 6.20 Å². The van der Waals surface area contributed by atoms with Gasteiger partial charge in [0, 0.05) is 0 Å². The number of fused-ring (bicyclic) bond motifs is 1. The van der Waals surface area contributed by atoms with Crippen molar-refractivity contribution in [3.8, 4) is 12.3 Å². The molecule has 1 unspecified atom stereocenters. The topological polar surface area (TPSA) is 37.8 Å². The van der Waals surface area contributed by atoms with Crippen LogP contribution < -0.4 is 5.32 Å². The molecule has 0 spiro atoms. The molecule has 0 bridgehead atoms. The molecule has 0 aliphatic carbocycles. The highest BCUT2D eigenvalue weighted by Crippen LogP contribution is 2.13. The van der Waals surface area contributed by atoms with Crippen molar-refractivity contribution in [3.05, 3.63) is 36.2 Å². The van der Waals surface area contributed by atoms with E-state index >= 15 is 0 Å². The maximum atomic E-state index is 5.45. The van der Waals surface area contributed by atoms with Crippen LogP contribution in [0.5, 0.6) is 0 Å². The van der Waals surface area contributed by atoms with Gasteiger partial charge in [0.15, 0.2) is 0 Å². The lowest BCUT2D eigenvalue weighted by atomic mass is 10.2. The third kappa shape index (κ3) is 2.02. The number of terminal acetylenes is 1. The van der Waals surface area contributed by atoms with Crippen LogP contribution in [0.4, 0.5) is 0 Å². The third-order valence-corrected chi connectivity index (χ3v) is 2.34. The molecule has 80 valence electrons. The van der Waals surface area contributed by atoms with Crippen LogP contribution >= 0.6 is 0 Å². The molecule has 3 heteroatoms. The van der Waals surface area contributed by atoms with Crippen molar-refractivity contribution in [2.45, 2.75) is 13.0 Å². The molecule has 0 aliphatic heterocycles. The molecule has 16 heavy (non-hydrogen) atoms. The molecule has 2 rings (SSSR count). The standard InChI is InChI=1S/C13H13N3/c1-3-10(14-4-2)13-9-15-11-7-5-6-8-12(11)16-13/h1,5-10,14H,4H2,2H3. The van der Waals surface area contributed by atoms with Gasteiger partial charge in [-0.05, 0) is 18.7 Å². The summed E-state index contributed by atoms with van der Waals surface area (Å²) in [6, 6.07) is 7.59. The molecule has 1 atom stereocenters. The summed E-state index contributed by atoms with van der Waals surface area (Å²) in [6.45, 7) is 2.82. The quantitative estimate of drug-likeness (QED) is 0.788. The third-order valence-electron chi connectivity index (χ3n) is 2.34. The van der Waals surface area contributed by atoms with Gasteiger partial charge in [-0.3, -0.25) is 10.3 Å². The number of rotatable bonds is 3. The Morgan fingerprint density at radius 1 is 1.38 bits per heavy atom. The van der Waals surface area contributed by atoms with E-state index in [4.69, 9.17) is 6.42 Å². The highest BCUT2D eigenvalue weighted by molar-refractivity contribution is 5.73. The zero-order valence-corrected chi connectivity index (χ0v) is 9.14. The number of para-hydroxylation sites is 2. The Kier molecular flexibility index (Phi) is 3.13. The molecule has 1 aromatic carbocycles. The minimum atomic E-state index is -0.165. The van der Waals surface area contributed by atoms with Crippen LogP contribution in [-0.2, 0) is 0 Å². The van der Waals surface area contributed by atoms with E-state index in [9.17, 15) is 0 Å². The average Bonchev–Trinajstić information content (AvgIpc) is 2.35. The number of nitrogens with zero attached hydrogens (tertiary/aromatic N) is 2. The molecule has 0 aliphatic rings. The van der Waals surface area contributed by atoms with E-state index in [1.165, 1.54) is 0 Å². The van der Waals surface area contributed by atoms with E-state index in [1.807, 2.05) is 31.2 Å². The van der Waals surface area contributed by atoms with Gasteiger partial charge < -0.3 is 0 Å². The number of benzene rings is 1. The van der Waals surface area contributed by atoms with Gasteiger partial charge in [0.25, 0.3) is 0 Å². The maximum Gasteiger partial charge on any atom is 0.113 e. The zero-order valence-electron chi connectivity index (χ0n) is 9.14. The molecule has 2 aromatic rings. The van der Waals surface area contributed by atoms with Crippen LogP contribution in [0.1, 0.15) is 18.7 Å². The Balaban J connectivity index is 2.42. The largest absolute Gasteiger partial charge is 0.299 e. The molecule has 0 radical (unpaired) electrons. The molecule has 0 amide bonds. The van der Waals surface area contributed by atoms with Gasteiger partial charge in [-0.25, -0.2) is 4.98 Å². The molecule has 1 N–H and O–H groups in total. The Morgan fingerprint density at radius 2 is 2.12 bits per heavy atom. The summed E-state index contributed by atoms with van der Waals surface area (Å²) in [4.78, 5) is 8.83. The first-order valence-corrected chi connectivity index (χ1v) is 5.26. The fourth-order valence-electron chi connectivity index (χ4n) is 1.56. The average molecular weight is 211 g/mol. The van der Waals surface area contributed by atoms with Crippen LogP contribution in [0.25, 0.3) is 11.0 Å². The van der Waals surface area contributed by atoms with Crippen molar-refractivity contribution in [2.24, 2.45) is 0 Å². The van der Waals surface area contributed by atoms with E-state index in [2.05, 4.69) is 21.2 Å². The van der Waals surface area contributed by atoms with E-state index in [0.29, 0.717) is 0 Å². The van der Waals surface area contributed by atoms with Gasteiger partial charge in [0.2, 0.25) is 0 Å². The Bertz CT molecular complexity index is 528. The van der Waals surface area contributed by atoms with Gasteiger partial charge >= 0.3 is 0 Å². The van der Waals surface area contributed by atoms with Crippen molar-refractivity contribution in [3.63, 3.8) is 0 Å². The molecule has 1 aromatic heterocycles. The summed E-state index contributed by atoms with van der Waals surface area (Å²) in [6.07, 6.45) is 7.19. The van der Waals surface area contributed by atoms with E-state index in [-0.39, 0.29) is 6.04 Å². The van der Waals surface area contributed by atoms with E-state index in [0.717, 1.165) is 23.3 Å². The predicted octanol–water partition coefficient (Wildman–Crippen LogP) is 1.91. The first-order valence-electron chi connectivity index (χ1n) is 5.26. The molecule has 3 nitrogen and oxygen atoms in total. The summed E-state index contributed by atoms with van der Waals surface area (Å²) >= 11 is 0. The highest BCUT2D eigenvalue weighted by atomic mass is 14.9. The minimum Gasteiger partial charge on any atom is -0.299 e. The fourth-order valence-corrected chi connectivity index (χ4v) is 1.56. The molecular formula is C13H13N3. The van der Waals surface area contributed by atoms with Gasteiger partial charge in [-0.1, -0.05) is 25.0 Å². The monoisotopic (exact) mass is 211 g/mol. The second-order valence-corrected chi connectivity index (χ2v) is 3.44. The van der Waals surface area contributed by atoms with Gasteiger partial charge in [0.1, 0.15) is 6.04 Å². The van der Waals surface area contributed by atoms with Gasteiger partial charge in [-0.2, -0.15) is 0 Å². The molecular weight excluding hydrogens is 198 g/mol. The number of hydrogen-bond donors (Lipinski definition) is 1. The summed E-state index contributed by atoms with van der Waals surface area (Å²) < 4.78 is 0. The lowest BCUT2D eigenvalue weighted by Gasteiger charge is -2.10. The first-order chi connectivity index (χ1) is 7.85. The van der Waals surface area contributed by atoms with Crippen molar-refractivity contribution in [2.75, 3.05) is 6.54 Å². The second kappa shape index (κ2) is 4.73. The summed E-state index contributed by atoms with van der Waals surface area (Å²) in [5.41, 5.74) is 2.56. The molecule has 0 saturated heterocycles. The van der Waals surface area contributed by atoms with Crippen molar-refractivity contribution >= 4 is 11.0 Å². The number of nitrogens with one attached hydrogen (secondary N) is 1. The summed E-state index contributed by atoms with van der Waals surface area (Å²) in [5, 5.41) is 3.17. The lowest BCUT2D eigenvalue weighted by Crippen LogP contribution is -2.20. The normalized spacial score (nSPS) is 12.2. The van der Waals surface area contributed by atoms with E-state index < -0.39 is 0 Å². The zero-order chi connectivity index (χ0) is 11.4. The Labute approximate surface area is 94.9 Å². The van der Waals surface area contributed by atoms with Gasteiger partial charge in [-0.15, -0.1) is 6.42 Å². The van der Waals surface area contributed by atoms with Crippen LogP contribution in [0, 0.1) is 12.3 Å². The highest BCUT2D eigenvalue weighted by Gasteiger charge is 2.09. The van der Waals surface area contributed by atoms with Crippen molar-refractivity contribution in [1.29, 1.82) is 0 Å². The predicted molar refractivity (Wildman–Crippen MR) is 64.8 cm³/mol. The van der Waals surface area contributed by atoms with Crippen molar-refractivity contribution in [1.82, 2.24) is 15.3 Å². The number of hydrogen-bond acceptors (Lipinski definition) is 3. The Morgan fingerprint density at radius 3 is 2.81 bits per heavy atom. The summed E-state index contributed by atoms with van der Waals surface area (Å²) in [7, 11) is 0. The SMILES string of the molecule is C#CC(NCC)c1cnc2ccccc2n1. The van der Waals surface area contributed by atoms with Crippen LogP contribution in [0.3, 0.4) is 0 Å².